The number of ether oxygens (including phenoxy) is 3. The summed E-state index contributed by atoms with van der Waals surface area (Å²) >= 11 is 0. The number of aryl methyl sites for hydroxylation is 1. The first-order valence-electron chi connectivity index (χ1n) is 5.69. The first-order chi connectivity index (χ1) is 8.24. The van der Waals surface area contributed by atoms with E-state index < -0.39 is 11.9 Å². The van der Waals surface area contributed by atoms with Crippen LogP contribution in [-0.2, 0) is 20.6 Å². The van der Waals surface area contributed by atoms with Crippen LogP contribution in [0.15, 0.2) is 30.3 Å². The Balaban J connectivity index is 1.73. The zero-order chi connectivity index (χ0) is 12.1. The van der Waals surface area contributed by atoms with Crippen LogP contribution in [0.25, 0.3) is 0 Å². The van der Waals surface area contributed by atoms with E-state index in [1.807, 2.05) is 18.2 Å². The highest BCUT2D eigenvalue weighted by Gasteiger charge is 2.49. The van der Waals surface area contributed by atoms with E-state index >= 15 is 0 Å². The molecule has 0 aromatic heterocycles. The maximum atomic E-state index is 11.0. The van der Waals surface area contributed by atoms with E-state index in [0.29, 0.717) is 13.0 Å². The maximum absolute atomic E-state index is 11.0. The van der Waals surface area contributed by atoms with Crippen LogP contribution in [0, 0.1) is 0 Å². The van der Waals surface area contributed by atoms with Crippen LogP contribution in [-0.4, -0.2) is 25.7 Å². The van der Waals surface area contributed by atoms with Crippen molar-refractivity contribution in [3.63, 3.8) is 0 Å². The van der Waals surface area contributed by atoms with Gasteiger partial charge in [0.05, 0.1) is 7.11 Å². The second kappa shape index (κ2) is 5.19. The van der Waals surface area contributed by atoms with Crippen molar-refractivity contribution in [3.8, 4) is 0 Å². The predicted molar refractivity (Wildman–Crippen MR) is 61.6 cm³/mol. The van der Waals surface area contributed by atoms with Crippen LogP contribution in [0.1, 0.15) is 18.4 Å². The second-order valence-corrected chi connectivity index (χ2v) is 4.09. The van der Waals surface area contributed by atoms with Crippen molar-refractivity contribution >= 4 is 6.16 Å². The van der Waals surface area contributed by atoms with E-state index in [1.165, 1.54) is 12.7 Å². The van der Waals surface area contributed by atoms with Crippen LogP contribution < -0.4 is 0 Å². The maximum Gasteiger partial charge on any atom is 0.510 e. The third kappa shape index (κ3) is 3.46. The number of benzene rings is 1. The molecule has 4 heteroatoms. The quantitative estimate of drug-likeness (QED) is 0.582. The standard InChI is InChI=1S/C13H16O4/c1-15-12(14)17-13(10-16-13)9-5-8-11-6-3-2-4-7-11/h2-4,6-7H,5,8-10H2,1H3. The molecule has 17 heavy (non-hydrogen) atoms. The van der Waals surface area contributed by atoms with Gasteiger partial charge in [0, 0.05) is 6.42 Å². The highest BCUT2D eigenvalue weighted by molar-refractivity contribution is 5.60. The molecule has 1 aromatic rings. The Kier molecular flexibility index (Phi) is 3.64. The Bertz CT molecular complexity index is 370. The summed E-state index contributed by atoms with van der Waals surface area (Å²) in [6, 6.07) is 10.2. The fourth-order valence-corrected chi connectivity index (χ4v) is 1.73. The molecule has 1 unspecified atom stereocenters. The first-order valence-corrected chi connectivity index (χ1v) is 5.69. The fraction of sp³-hybridized carbons (Fsp3) is 0.462. The van der Waals surface area contributed by atoms with Gasteiger partial charge in [0.1, 0.15) is 6.61 Å². The zero-order valence-electron chi connectivity index (χ0n) is 9.85. The molecule has 1 heterocycles. The number of hydrogen-bond donors (Lipinski definition) is 0. The summed E-state index contributed by atoms with van der Waals surface area (Å²) in [7, 11) is 1.29. The van der Waals surface area contributed by atoms with E-state index in [0.717, 1.165) is 12.8 Å². The molecule has 1 fully saturated rings. The van der Waals surface area contributed by atoms with E-state index in [1.54, 1.807) is 0 Å². The van der Waals surface area contributed by atoms with Gasteiger partial charge in [-0.05, 0) is 18.4 Å². The van der Waals surface area contributed by atoms with Crippen LogP contribution in [0.4, 0.5) is 4.79 Å². The number of rotatable bonds is 5. The Morgan fingerprint density at radius 2 is 2.12 bits per heavy atom. The molecule has 1 aliphatic rings. The zero-order valence-corrected chi connectivity index (χ0v) is 9.85. The third-order valence-electron chi connectivity index (χ3n) is 2.77. The summed E-state index contributed by atoms with van der Waals surface area (Å²) in [5.41, 5.74) is 1.28. The van der Waals surface area contributed by atoms with Gasteiger partial charge in [0.2, 0.25) is 5.79 Å². The summed E-state index contributed by atoms with van der Waals surface area (Å²) in [4.78, 5) is 11.0. The fourth-order valence-electron chi connectivity index (χ4n) is 1.73. The summed E-state index contributed by atoms with van der Waals surface area (Å²) in [5.74, 6) is -0.720. The van der Waals surface area contributed by atoms with Crippen LogP contribution in [0.2, 0.25) is 0 Å². The van der Waals surface area contributed by atoms with Gasteiger partial charge in [0.25, 0.3) is 0 Å². The van der Waals surface area contributed by atoms with Gasteiger partial charge in [-0.25, -0.2) is 4.79 Å². The topological polar surface area (TPSA) is 48.1 Å². The van der Waals surface area contributed by atoms with Gasteiger partial charge in [-0.15, -0.1) is 0 Å². The molecule has 1 aromatic carbocycles. The van der Waals surface area contributed by atoms with Crippen LogP contribution >= 0.6 is 0 Å². The van der Waals surface area contributed by atoms with Gasteiger partial charge < -0.3 is 14.2 Å². The molecule has 4 nitrogen and oxygen atoms in total. The molecule has 1 aliphatic heterocycles. The SMILES string of the molecule is COC(=O)OC1(CCCc2ccccc2)CO1. The summed E-state index contributed by atoms with van der Waals surface area (Å²) < 4.78 is 14.7. The Labute approximate surface area is 100 Å². The molecular weight excluding hydrogens is 220 g/mol. The highest BCUT2D eigenvalue weighted by Crippen LogP contribution is 2.34. The summed E-state index contributed by atoms with van der Waals surface area (Å²) in [6.07, 6.45) is 1.90. The minimum absolute atomic E-state index is 0.469. The van der Waals surface area contributed by atoms with Crippen LogP contribution in [0.5, 0.6) is 0 Å². The number of methoxy groups -OCH3 is 1. The summed E-state index contributed by atoms with van der Waals surface area (Å²) in [5, 5.41) is 0. The lowest BCUT2D eigenvalue weighted by Crippen LogP contribution is -2.21. The highest BCUT2D eigenvalue weighted by atomic mass is 16.8. The van der Waals surface area contributed by atoms with Crippen LogP contribution in [0.3, 0.4) is 0 Å². The van der Waals surface area contributed by atoms with Gasteiger partial charge in [-0.2, -0.15) is 0 Å². The average molecular weight is 236 g/mol. The lowest BCUT2D eigenvalue weighted by atomic mass is 10.1. The molecule has 0 aliphatic carbocycles. The lowest BCUT2D eigenvalue weighted by molar-refractivity contribution is -0.0320. The third-order valence-corrected chi connectivity index (χ3v) is 2.77. The van der Waals surface area contributed by atoms with Gasteiger partial charge in [-0.1, -0.05) is 30.3 Å². The largest absolute Gasteiger partial charge is 0.510 e. The molecule has 1 atom stereocenters. The number of hydrogen-bond acceptors (Lipinski definition) is 4. The molecule has 0 bridgehead atoms. The van der Waals surface area contributed by atoms with Gasteiger partial charge in [-0.3, -0.25) is 0 Å². The molecule has 0 spiro atoms. The molecule has 0 radical (unpaired) electrons. The second-order valence-electron chi connectivity index (χ2n) is 4.09. The van der Waals surface area contributed by atoms with E-state index in [4.69, 9.17) is 9.47 Å². The number of carbonyl (C=O) groups is 1. The van der Waals surface area contributed by atoms with E-state index in [-0.39, 0.29) is 0 Å². The minimum Gasteiger partial charge on any atom is -0.438 e. The monoisotopic (exact) mass is 236 g/mol. The normalized spacial score (nSPS) is 21.9. The molecular formula is C13H16O4. The van der Waals surface area contributed by atoms with Crippen molar-refractivity contribution in [2.75, 3.05) is 13.7 Å². The van der Waals surface area contributed by atoms with E-state index in [9.17, 15) is 4.79 Å². The van der Waals surface area contributed by atoms with Gasteiger partial charge >= 0.3 is 6.16 Å². The van der Waals surface area contributed by atoms with Gasteiger partial charge in [0.15, 0.2) is 0 Å². The van der Waals surface area contributed by atoms with E-state index in [2.05, 4.69) is 16.9 Å². The Hall–Kier alpha value is -1.55. The molecule has 2 rings (SSSR count). The predicted octanol–water partition coefficient (Wildman–Crippen LogP) is 2.52. The van der Waals surface area contributed by atoms with Crippen molar-refractivity contribution in [2.45, 2.75) is 25.0 Å². The molecule has 0 N–H and O–H groups in total. The lowest BCUT2D eigenvalue weighted by Gasteiger charge is -2.11. The average Bonchev–Trinajstić information content (AvgIpc) is 3.10. The Morgan fingerprint density at radius 1 is 1.41 bits per heavy atom. The molecule has 0 amide bonds. The Morgan fingerprint density at radius 3 is 2.71 bits per heavy atom. The van der Waals surface area contributed by atoms with Crippen molar-refractivity contribution in [2.24, 2.45) is 0 Å². The molecule has 1 saturated heterocycles. The minimum atomic E-state index is -0.720. The number of carbonyl (C=O) groups excluding carboxylic acids is 1. The van der Waals surface area contributed by atoms with Crippen molar-refractivity contribution in [1.82, 2.24) is 0 Å². The van der Waals surface area contributed by atoms with Crippen molar-refractivity contribution in [3.05, 3.63) is 35.9 Å². The number of epoxide rings is 1. The van der Waals surface area contributed by atoms with Crippen molar-refractivity contribution < 1.29 is 19.0 Å². The summed E-state index contributed by atoms with van der Waals surface area (Å²) in [6.45, 7) is 0.469. The smallest absolute Gasteiger partial charge is 0.438 e. The first kappa shape index (κ1) is 11.9. The van der Waals surface area contributed by atoms with Crippen molar-refractivity contribution in [1.29, 1.82) is 0 Å². The molecule has 92 valence electrons. The molecule has 0 saturated carbocycles.